The van der Waals surface area contributed by atoms with Crippen molar-refractivity contribution in [2.75, 3.05) is 16.3 Å². The number of hydrogen-bond acceptors (Lipinski definition) is 3. The van der Waals surface area contributed by atoms with Gasteiger partial charge < -0.3 is 5.32 Å². The smallest absolute Gasteiger partial charge is 0.248 e. The molecule has 2 rings (SSSR count). The number of carbonyl (C=O) groups is 1. The highest BCUT2D eigenvalue weighted by atomic mass is 32.2. The molecule has 1 amide bonds. The van der Waals surface area contributed by atoms with Crippen LogP contribution in [0.4, 0.5) is 11.4 Å². The maximum absolute atomic E-state index is 11.9. The minimum atomic E-state index is -3.41. The van der Waals surface area contributed by atoms with E-state index >= 15 is 0 Å². The van der Waals surface area contributed by atoms with Crippen LogP contribution < -0.4 is 10.0 Å². The van der Waals surface area contributed by atoms with Crippen LogP contribution in [0.1, 0.15) is 5.56 Å². The zero-order valence-electron chi connectivity index (χ0n) is 12.0. The van der Waals surface area contributed by atoms with Crippen LogP contribution in [0.25, 0.3) is 6.08 Å². The number of amides is 1. The summed E-state index contributed by atoms with van der Waals surface area (Å²) in [4.78, 5) is 11.9. The molecule has 2 N–H and O–H groups in total. The summed E-state index contributed by atoms with van der Waals surface area (Å²) in [6, 6.07) is 16.0. The normalized spacial score (nSPS) is 11.3. The number of sulfonamides is 1. The number of anilines is 2. The second-order valence-corrected chi connectivity index (χ2v) is 6.40. The summed E-state index contributed by atoms with van der Waals surface area (Å²) < 4.78 is 25.0. The van der Waals surface area contributed by atoms with E-state index in [9.17, 15) is 13.2 Å². The van der Waals surface area contributed by atoms with E-state index in [0.717, 1.165) is 11.8 Å². The monoisotopic (exact) mass is 316 g/mol. The number of benzene rings is 2. The molecule has 2 aromatic rings. The second kappa shape index (κ2) is 6.91. The lowest BCUT2D eigenvalue weighted by atomic mass is 10.2. The van der Waals surface area contributed by atoms with Crippen LogP contribution in [0, 0.1) is 0 Å². The SMILES string of the molecule is CS(=O)(=O)Nc1ccccc1NC(=O)/C=C/c1ccccc1. The fraction of sp³-hybridized carbons (Fsp3) is 0.0625. The lowest BCUT2D eigenvalue weighted by molar-refractivity contribution is -0.111. The molecule has 0 saturated carbocycles. The predicted octanol–water partition coefficient (Wildman–Crippen LogP) is 2.71. The summed E-state index contributed by atoms with van der Waals surface area (Å²) >= 11 is 0. The standard InChI is InChI=1S/C16H16N2O3S/c1-22(20,21)18-15-10-6-5-9-14(15)17-16(19)12-11-13-7-3-2-4-8-13/h2-12,18H,1H3,(H,17,19)/b12-11+. The average molecular weight is 316 g/mol. The molecule has 0 aliphatic carbocycles. The Labute approximate surface area is 129 Å². The average Bonchev–Trinajstić information content (AvgIpc) is 2.47. The van der Waals surface area contributed by atoms with Gasteiger partial charge in [0.1, 0.15) is 0 Å². The molecule has 0 atom stereocenters. The Kier molecular flexibility index (Phi) is 4.95. The van der Waals surface area contributed by atoms with Crippen molar-refractivity contribution in [1.29, 1.82) is 0 Å². The minimum Gasteiger partial charge on any atom is -0.321 e. The van der Waals surface area contributed by atoms with Crippen LogP contribution in [-0.4, -0.2) is 20.6 Å². The molecule has 5 nitrogen and oxygen atoms in total. The van der Waals surface area contributed by atoms with Crippen LogP contribution in [0.2, 0.25) is 0 Å². The van der Waals surface area contributed by atoms with E-state index in [1.54, 1.807) is 30.3 Å². The minimum absolute atomic E-state index is 0.325. The van der Waals surface area contributed by atoms with Crippen LogP contribution in [0.15, 0.2) is 60.7 Å². The van der Waals surface area contributed by atoms with E-state index in [-0.39, 0.29) is 5.91 Å². The molecule has 0 bridgehead atoms. The first-order chi connectivity index (χ1) is 10.4. The van der Waals surface area contributed by atoms with Gasteiger partial charge in [0.25, 0.3) is 0 Å². The Morgan fingerprint density at radius 1 is 0.955 bits per heavy atom. The molecule has 0 heterocycles. The van der Waals surface area contributed by atoms with Crippen LogP contribution in [0.5, 0.6) is 0 Å². The first-order valence-corrected chi connectivity index (χ1v) is 8.44. The molecule has 22 heavy (non-hydrogen) atoms. The molecule has 0 saturated heterocycles. The van der Waals surface area contributed by atoms with Gasteiger partial charge in [0.15, 0.2) is 0 Å². The molecular weight excluding hydrogens is 300 g/mol. The maximum Gasteiger partial charge on any atom is 0.248 e. The van der Waals surface area contributed by atoms with E-state index in [1.165, 1.54) is 6.08 Å². The summed E-state index contributed by atoms with van der Waals surface area (Å²) in [6.07, 6.45) is 4.13. The lowest BCUT2D eigenvalue weighted by Gasteiger charge is -2.10. The van der Waals surface area contributed by atoms with Crippen molar-refractivity contribution in [1.82, 2.24) is 0 Å². The highest BCUT2D eigenvalue weighted by molar-refractivity contribution is 7.92. The van der Waals surface area contributed by atoms with E-state index < -0.39 is 10.0 Å². The van der Waals surface area contributed by atoms with E-state index in [0.29, 0.717) is 11.4 Å². The molecule has 0 aromatic heterocycles. The number of rotatable bonds is 5. The van der Waals surface area contributed by atoms with Crippen molar-refractivity contribution >= 4 is 33.4 Å². The summed E-state index contributed by atoms with van der Waals surface area (Å²) in [5.74, 6) is -0.341. The van der Waals surface area contributed by atoms with Crippen molar-refractivity contribution < 1.29 is 13.2 Å². The summed E-state index contributed by atoms with van der Waals surface area (Å²) in [6.45, 7) is 0. The molecule has 0 fully saturated rings. The maximum atomic E-state index is 11.9. The Balaban J connectivity index is 2.10. The molecule has 0 aliphatic rings. The van der Waals surface area contributed by atoms with Crippen molar-refractivity contribution in [2.24, 2.45) is 0 Å². The van der Waals surface area contributed by atoms with Crippen LogP contribution >= 0.6 is 0 Å². The fourth-order valence-corrected chi connectivity index (χ4v) is 2.37. The number of hydrogen-bond donors (Lipinski definition) is 2. The van der Waals surface area contributed by atoms with E-state index in [1.807, 2.05) is 30.3 Å². The largest absolute Gasteiger partial charge is 0.321 e. The van der Waals surface area contributed by atoms with Crippen molar-refractivity contribution in [2.45, 2.75) is 0 Å². The highest BCUT2D eigenvalue weighted by Gasteiger charge is 2.08. The van der Waals surface area contributed by atoms with Gasteiger partial charge in [-0.05, 0) is 23.8 Å². The van der Waals surface area contributed by atoms with Gasteiger partial charge in [0, 0.05) is 6.08 Å². The number of carbonyl (C=O) groups excluding carboxylic acids is 1. The van der Waals surface area contributed by atoms with Gasteiger partial charge in [-0.25, -0.2) is 8.42 Å². The molecule has 0 radical (unpaired) electrons. The topological polar surface area (TPSA) is 75.3 Å². The zero-order valence-corrected chi connectivity index (χ0v) is 12.8. The number of para-hydroxylation sites is 2. The summed E-state index contributed by atoms with van der Waals surface area (Å²) in [5.41, 5.74) is 1.63. The van der Waals surface area contributed by atoms with Gasteiger partial charge in [-0.15, -0.1) is 0 Å². The second-order valence-electron chi connectivity index (χ2n) is 4.65. The molecular formula is C16H16N2O3S. The van der Waals surface area contributed by atoms with Crippen LogP contribution in [-0.2, 0) is 14.8 Å². The van der Waals surface area contributed by atoms with Gasteiger partial charge >= 0.3 is 0 Å². The third-order valence-electron chi connectivity index (χ3n) is 2.71. The first kappa shape index (κ1) is 15.8. The molecule has 2 aromatic carbocycles. The van der Waals surface area contributed by atoms with Gasteiger partial charge in [-0.3, -0.25) is 9.52 Å². The van der Waals surface area contributed by atoms with Gasteiger partial charge in [-0.2, -0.15) is 0 Å². The molecule has 114 valence electrons. The zero-order chi connectivity index (χ0) is 16.0. The van der Waals surface area contributed by atoms with Gasteiger partial charge in [0.05, 0.1) is 17.6 Å². The first-order valence-electron chi connectivity index (χ1n) is 6.55. The molecule has 6 heteroatoms. The van der Waals surface area contributed by atoms with Crippen LogP contribution in [0.3, 0.4) is 0 Å². The summed E-state index contributed by atoms with van der Waals surface area (Å²) in [5, 5.41) is 2.65. The third kappa shape index (κ3) is 5.06. The lowest BCUT2D eigenvalue weighted by Crippen LogP contribution is -2.14. The summed E-state index contributed by atoms with van der Waals surface area (Å²) in [7, 11) is -3.41. The number of nitrogens with one attached hydrogen (secondary N) is 2. The van der Waals surface area contributed by atoms with Gasteiger partial charge in [-0.1, -0.05) is 42.5 Å². The molecule has 0 spiro atoms. The van der Waals surface area contributed by atoms with Crippen molar-refractivity contribution in [3.63, 3.8) is 0 Å². The predicted molar refractivity (Wildman–Crippen MR) is 89.0 cm³/mol. The van der Waals surface area contributed by atoms with E-state index in [4.69, 9.17) is 0 Å². The Bertz CT molecular complexity index is 784. The molecule has 0 aliphatic heterocycles. The Hall–Kier alpha value is -2.60. The molecule has 0 unspecified atom stereocenters. The van der Waals surface area contributed by atoms with Crippen molar-refractivity contribution in [3.05, 3.63) is 66.2 Å². The van der Waals surface area contributed by atoms with Gasteiger partial charge in [0.2, 0.25) is 15.9 Å². The Morgan fingerprint density at radius 2 is 1.55 bits per heavy atom. The quantitative estimate of drug-likeness (QED) is 0.833. The van der Waals surface area contributed by atoms with E-state index in [2.05, 4.69) is 10.0 Å². The highest BCUT2D eigenvalue weighted by Crippen LogP contribution is 2.21. The Morgan fingerprint density at radius 3 is 2.18 bits per heavy atom. The fourth-order valence-electron chi connectivity index (χ4n) is 1.79. The van der Waals surface area contributed by atoms with Crippen molar-refractivity contribution in [3.8, 4) is 0 Å². The third-order valence-corrected chi connectivity index (χ3v) is 3.30.